The number of methoxy groups -OCH3 is 1. The second-order valence-electron chi connectivity index (χ2n) is 4.16. The first-order valence-electron chi connectivity index (χ1n) is 5.82. The van der Waals surface area contributed by atoms with Gasteiger partial charge in [-0.25, -0.2) is 0 Å². The molecule has 0 saturated carbocycles. The van der Waals surface area contributed by atoms with Crippen LogP contribution in [0.15, 0.2) is 36.4 Å². The van der Waals surface area contributed by atoms with Gasteiger partial charge in [-0.2, -0.15) is 0 Å². The van der Waals surface area contributed by atoms with Crippen LogP contribution in [0.5, 0.6) is 5.75 Å². The van der Waals surface area contributed by atoms with Gasteiger partial charge in [0, 0.05) is 11.4 Å². The van der Waals surface area contributed by atoms with Gasteiger partial charge < -0.3 is 4.74 Å². The molecule has 2 aromatic carbocycles. The van der Waals surface area contributed by atoms with E-state index >= 15 is 0 Å². The number of benzene rings is 2. The first kappa shape index (κ1) is 15.2. The lowest BCUT2D eigenvalue weighted by Gasteiger charge is -2.09. The second kappa shape index (κ2) is 6.49. The predicted octanol–water partition coefficient (Wildman–Crippen LogP) is 5.08. The molecule has 0 fully saturated rings. The highest BCUT2D eigenvalue weighted by Gasteiger charge is 2.15. The minimum absolute atomic E-state index is 0.131. The van der Waals surface area contributed by atoms with Crippen LogP contribution in [0, 0.1) is 0 Å². The standard InChI is InChI=1S/C15H11Cl3O2/c1-20-14-6-5-10(16)8-11(14)13(19)7-9-3-2-4-12(17)15(9)18/h2-6,8H,7H2,1H3. The van der Waals surface area contributed by atoms with Gasteiger partial charge in [-0.05, 0) is 29.8 Å². The third kappa shape index (κ3) is 3.26. The molecule has 20 heavy (non-hydrogen) atoms. The fourth-order valence-corrected chi connectivity index (χ4v) is 2.41. The van der Waals surface area contributed by atoms with Crippen LogP contribution in [-0.2, 0) is 6.42 Å². The second-order valence-corrected chi connectivity index (χ2v) is 5.38. The normalized spacial score (nSPS) is 10.4. The van der Waals surface area contributed by atoms with Crippen LogP contribution in [0.3, 0.4) is 0 Å². The van der Waals surface area contributed by atoms with E-state index in [4.69, 9.17) is 39.5 Å². The maximum absolute atomic E-state index is 12.4. The number of Topliss-reactive ketones (excluding diaryl/α,β-unsaturated/α-hetero) is 1. The lowest BCUT2D eigenvalue weighted by molar-refractivity contribution is 0.0990. The first-order chi connectivity index (χ1) is 9.52. The smallest absolute Gasteiger partial charge is 0.171 e. The van der Waals surface area contributed by atoms with Gasteiger partial charge in [0.05, 0.1) is 22.7 Å². The topological polar surface area (TPSA) is 26.3 Å². The van der Waals surface area contributed by atoms with Gasteiger partial charge in [0.1, 0.15) is 5.75 Å². The molecule has 0 atom stereocenters. The molecule has 0 N–H and O–H groups in total. The maximum atomic E-state index is 12.4. The Balaban J connectivity index is 2.33. The van der Waals surface area contributed by atoms with Gasteiger partial charge in [0.2, 0.25) is 0 Å². The SMILES string of the molecule is COc1ccc(Cl)cc1C(=O)Cc1cccc(Cl)c1Cl. The third-order valence-electron chi connectivity index (χ3n) is 2.84. The van der Waals surface area contributed by atoms with E-state index in [1.54, 1.807) is 36.4 Å². The zero-order chi connectivity index (χ0) is 14.7. The monoisotopic (exact) mass is 328 g/mol. The number of ether oxygens (including phenoxy) is 1. The van der Waals surface area contributed by atoms with Gasteiger partial charge in [0.25, 0.3) is 0 Å². The summed E-state index contributed by atoms with van der Waals surface area (Å²) in [5.41, 5.74) is 1.10. The molecule has 0 heterocycles. The van der Waals surface area contributed by atoms with Crippen molar-refractivity contribution < 1.29 is 9.53 Å². The van der Waals surface area contributed by atoms with Crippen LogP contribution in [0.1, 0.15) is 15.9 Å². The summed E-state index contributed by atoms with van der Waals surface area (Å²) in [4.78, 5) is 12.4. The summed E-state index contributed by atoms with van der Waals surface area (Å²) in [7, 11) is 1.51. The molecule has 0 aliphatic carbocycles. The molecule has 5 heteroatoms. The molecule has 2 nitrogen and oxygen atoms in total. The van der Waals surface area contributed by atoms with Crippen molar-refractivity contribution >= 4 is 40.6 Å². The molecule has 0 amide bonds. The average Bonchev–Trinajstić information content (AvgIpc) is 2.43. The number of halogens is 3. The molecule has 0 aliphatic rings. The van der Waals surface area contributed by atoms with Crippen LogP contribution in [-0.4, -0.2) is 12.9 Å². The Labute approximate surface area is 132 Å². The van der Waals surface area contributed by atoms with E-state index in [1.165, 1.54) is 7.11 Å². The summed E-state index contributed by atoms with van der Waals surface area (Å²) >= 11 is 17.9. The van der Waals surface area contributed by atoms with E-state index in [0.717, 1.165) is 0 Å². The van der Waals surface area contributed by atoms with E-state index in [1.807, 2.05) is 0 Å². The number of carbonyl (C=O) groups excluding carboxylic acids is 1. The molecule has 0 spiro atoms. The zero-order valence-corrected chi connectivity index (χ0v) is 12.9. The van der Waals surface area contributed by atoms with Crippen molar-refractivity contribution in [3.8, 4) is 5.75 Å². The number of rotatable bonds is 4. The zero-order valence-electron chi connectivity index (χ0n) is 10.6. The van der Waals surface area contributed by atoms with Crippen molar-refractivity contribution in [1.29, 1.82) is 0 Å². The van der Waals surface area contributed by atoms with Gasteiger partial charge in [-0.15, -0.1) is 0 Å². The van der Waals surface area contributed by atoms with Crippen LogP contribution in [0.4, 0.5) is 0 Å². The van der Waals surface area contributed by atoms with Crippen LogP contribution in [0.2, 0.25) is 15.1 Å². The fourth-order valence-electron chi connectivity index (χ4n) is 1.85. The summed E-state index contributed by atoms with van der Waals surface area (Å²) in [6.45, 7) is 0. The average molecular weight is 330 g/mol. The van der Waals surface area contributed by atoms with Crippen molar-refractivity contribution in [1.82, 2.24) is 0 Å². The van der Waals surface area contributed by atoms with Crippen molar-refractivity contribution in [2.45, 2.75) is 6.42 Å². The predicted molar refractivity (Wildman–Crippen MR) is 82.5 cm³/mol. The Kier molecular flexibility index (Phi) is 4.92. The summed E-state index contributed by atoms with van der Waals surface area (Å²) < 4.78 is 5.17. The minimum Gasteiger partial charge on any atom is -0.496 e. The molecule has 0 aromatic heterocycles. The van der Waals surface area contributed by atoms with Crippen molar-refractivity contribution in [2.75, 3.05) is 7.11 Å². The third-order valence-corrected chi connectivity index (χ3v) is 3.94. The lowest BCUT2D eigenvalue weighted by Crippen LogP contribution is -2.06. The Hall–Kier alpha value is -1.22. The summed E-state index contributed by atoms with van der Waals surface area (Å²) in [6, 6.07) is 10.1. The van der Waals surface area contributed by atoms with E-state index in [2.05, 4.69) is 0 Å². The summed E-state index contributed by atoms with van der Waals surface area (Å²) in [5.74, 6) is 0.353. The highest BCUT2D eigenvalue weighted by Crippen LogP contribution is 2.28. The molecule has 0 aliphatic heterocycles. The number of carbonyl (C=O) groups is 1. The molecule has 0 radical (unpaired) electrons. The Morgan fingerprint density at radius 2 is 1.90 bits per heavy atom. The Morgan fingerprint density at radius 3 is 2.60 bits per heavy atom. The molecule has 0 saturated heterocycles. The van der Waals surface area contributed by atoms with Crippen LogP contribution < -0.4 is 4.74 Å². The summed E-state index contributed by atoms with van der Waals surface area (Å²) in [6.07, 6.45) is 0.135. The van der Waals surface area contributed by atoms with Gasteiger partial charge in [-0.1, -0.05) is 46.9 Å². The summed E-state index contributed by atoms with van der Waals surface area (Å²) in [5, 5.41) is 1.30. The Morgan fingerprint density at radius 1 is 1.15 bits per heavy atom. The van der Waals surface area contributed by atoms with Crippen LogP contribution >= 0.6 is 34.8 Å². The molecule has 2 rings (SSSR count). The highest BCUT2D eigenvalue weighted by molar-refractivity contribution is 6.42. The first-order valence-corrected chi connectivity index (χ1v) is 6.96. The van der Waals surface area contributed by atoms with Crippen molar-refractivity contribution in [2.24, 2.45) is 0 Å². The van der Waals surface area contributed by atoms with E-state index in [0.29, 0.717) is 31.9 Å². The van der Waals surface area contributed by atoms with Gasteiger partial charge in [-0.3, -0.25) is 4.79 Å². The number of hydrogen-bond acceptors (Lipinski definition) is 2. The lowest BCUT2D eigenvalue weighted by atomic mass is 10.0. The molecule has 104 valence electrons. The van der Waals surface area contributed by atoms with Crippen molar-refractivity contribution in [3.63, 3.8) is 0 Å². The molecule has 0 bridgehead atoms. The number of ketones is 1. The van der Waals surface area contributed by atoms with Gasteiger partial charge in [0.15, 0.2) is 5.78 Å². The molecule has 0 unspecified atom stereocenters. The largest absolute Gasteiger partial charge is 0.496 e. The fraction of sp³-hybridized carbons (Fsp3) is 0.133. The maximum Gasteiger partial charge on any atom is 0.171 e. The molecular formula is C15H11Cl3O2. The molecule has 2 aromatic rings. The Bertz CT molecular complexity index is 654. The highest BCUT2D eigenvalue weighted by atomic mass is 35.5. The van der Waals surface area contributed by atoms with Crippen molar-refractivity contribution in [3.05, 3.63) is 62.6 Å². The quantitative estimate of drug-likeness (QED) is 0.731. The van der Waals surface area contributed by atoms with E-state index < -0.39 is 0 Å². The van der Waals surface area contributed by atoms with E-state index in [-0.39, 0.29) is 12.2 Å². The van der Waals surface area contributed by atoms with Crippen LogP contribution in [0.25, 0.3) is 0 Å². The number of hydrogen-bond donors (Lipinski definition) is 0. The van der Waals surface area contributed by atoms with Gasteiger partial charge >= 0.3 is 0 Å². The van der Waals surface area contributed by atoms with E-state index in [9.17, 15) is 4.79 Å². The minimum atomic E-state index is -0.131. The molecular weight excluding hydrogens is 319 g/mol.